The molecule has 2 aromatic rings. The molecule has 0 unspecified atom stereocenters. The fraction of sp³-hybridized carbons (Fsp3) is 0.182. The lowest BCUT2D eigenvalue weighted by Crippen LogP contribution is -2.36. The van der Waals surface area contributed by atoms with Crippen LogP contribution in [-0.4, -0.2) is 16.1 Å². The van der Waals surface area contributed by atoms with Crippen LogP contribution < -0.4 is 10.4 Å². The second-order valence-corrected chi connectivity index (χ2v) is 4.43. The molecule has 82 valence electrons. The third kappa shape index (κ3) is 1.64. The summed E-state index contributed by atoms with van der Waals surface area (Å²) in [5.74, 6) is 0. The highest BCUT2D eigenvalue weighted by Gasteiger charge is 2.13. The molecular formula is C11H12N4S. The Morgan fingerprint density at radius 1 is 1.44 bits per heavy atom. The Labute approximate surface area is 97.8 Å². The molecule has 0 atom stereocenters. The Balaban J connectivity index is 1.99. The summed E-state index contributed by atoms with van der Waals surface area (Å²) in [6.07, 6.45) is 10.9. The van der Waals surface area contributed by atoms with Gasteiger partial charge in [0.15, 0.2) is 0 Å². The fourth-order valence-corrected chi connectivity index (χ4v) is 2.57. The van der Waals surface area contributed by atoms with Crippen molar-refractivity contribution < 1.29 is 0 Å². The predicted octanol–water partition coefficient (Wildman–Crippen LogP) is 2.16. The molecule has 3 heterocycles. The number of hydrazine groups is 1. The van der Waals surface area contributed by atoms with E-state index in [0.29, 0.717) is 0 Å². The zero-order valence-corrected chi connectivity index (χ0v) is 9.52. The molecule has 1 aliphatic heterocycles. The molecular weight excluding hydrogens is 220 g/mol. The molecule has 0 saturated carbocycles. The van der Waals surface area contributed by atoms with E-state index in [0.717, 1.165) is 18.7 Å². The van der Waals surface area contributed by atoms with Gasteiger partial charge in [-0.3, -0.25) is 5.01 Å². The summed E-state index contributed by atoms with van der Waals surface area (Å²) < 4.78 is 2.02. The Kier molecular flexibility index (Phi) is 2.47. The lowest BCUT2D eigenvalue weighted by molar-refractivity contribution is 0.678. The van der Waals surface area contributed by atoms with Gasteiger partial charge in [0.2, 0.25) is 0 Å². The molecule has 0 bridgehead atoms. The highest BCUT2D eigenvalue weighted by molar-refractivity contribution is 7.14. The molecule has 0 amide bonds. The van der Waals surface area contributed by atoms with Crippen LogP contribution in [0.1, 0.15) is 6.42 Å². The molecule has 5 heteroatoms. The maximum atomic E-state index is 4.08. The molecule has 1 N–H and O–H groups in total. The van der Waals surface area contributed by atoms with Crippen LogP contribution in [0.3, 0.4) is 0 Å². The number of nitrogens with zero attached hydrogens (tertiary/aromatic N) is 3. The predicted molar refractivity (Wildman–Crippen MR) is 65.7 cm³/mol. The van der Waals surface area contributed by atoms with Gasteiger partial charge < -0.3 is 4.57 Å². The van der Waals surface area contributed by atoms with Crippen molar-refractivity contribution in [3.05, 3.63) is 42.4 Å². The fourth-order valence-electron chi connectivity index (χ4n) is 1.71. The minimum atomic E-state index is 0.984. The Bertz CT molecular complexity index is 486. The number of aromatic nitrogens is 2. The summed E-state index contributed by atoms with van der Waals surface area (Å²) in [6.45, 7) is 0.984. The molecule has 1 aliphatic rings. The molecule has 0 saturated heterocycles. The van der Waals surface area contributed by atoms with Gasteiger partial charge >= 0.3 is 0 Å². The monoisotopic (exact) mass is 232 g/mol. The van der Waals surface area contributed by atoms with Gasteiger partial charge in [-0.25, -0.2) is 10.4 Å². The van der Waals surface area contributed by atoms with Crippen LogP contribution in [0, 0.1) is 0 Å². The standard InChI is InChI=1S/C11H12N4S/c1-2-6-15(13-4-1)11-10(3-8-16-11)14-7-5-12-9-14/h2-3,5-9,13H,1,4H2. The highest BCUT2D eigenvalue weighted by atomic mass is 32.1. The average molecular weight is 232 g/mol. The third-order valence-corrected chi connectivity index (χ3v) is 3.37. The van der Waals surface area contributed by atoms with Gasteiger partial charge in [-0.05, 0) is 17.9 Å². The van der Waals surface area contributed by atoms with E-state index in [9.17, 15) is 0 Å². The van der Waals surface area contributed by atoms with Gasteiger partial charge in [-0.2, -0.15) is 0 Å². The molecule has 0 fully saturated rings. The number of anilines is 1. The quantitative estimate of drug-likeness (QED) is 0.861. The number of thiophene rings is 1. The highest BCUT2D eigenvalue weighted by Crippen LogP contribution is 2.30. The Morgan fingerprint density at radius 2 is 2.44 bits per heavy atom. The summed E-state index contributed by atoms with van der Waals surface area (Å²) in [6, 6.07) is 2.10. The molecule has 2 aromatic heterocycles. The topological polar surface area (TPSA) is 33.1 Å². The Morgan fingerprint density at radius 3 is 3.19 bits per heavy atom. The van der Waals surface area contributed by atoms with Crippen molar-refractivity contribution in [2.75, 3.05) is 11.6 Å². The minimum absolute atomic E-state index is 0.984. The number of imidazole rings is 1. The first-order chi connectivity index (χ1) is 7.95. The van der Waals surface area contributed by atoms with E-state index in [-0.39, 0.29) is 0 Å². The van der Waals surface area contributed by atoms with Gasteiger partial charge in [0, 0.05) is 25.1 Å². The van der Waals surface area contributed by atoms with Gasteiger partial charge in [-0.1, -0.05) is 6.08 Å². The van der Waals surface area contributed by atoms with Gasteiger partial charge in [0.05, 0.1) is 12.0 Å². The van der Waals surface area contributed by atoms with Crippen molar-refractivity contribution in [2.24, 2.45) is 0 Å². The molecule has 0 aliphatic carbocycles. The van der Waals surface area contributed by atoms with E-state index in [1.54, 1.807) is 17.5 Å². The number of hydrogen-bond donors (Lipinski definition) is 1. The summed E-state index contributed by atoms with van der Waals surface area (Å²) in [5, 5.41) is 5.35. The SMILES string of the molecule is C1=CN(c2sccc2-n2ccnc2)NCC1. The first kappa shape index (κ1) is 9.62. The normalized spacial score (nSPS) is 15.6. The van der Waals surface area contributed by atoms with Gasteiger partial charge in [0.1, 0.15) is 5.00 Å². The van der Waals surface area contributed by atoms with Crippen molar-refractivity contribution in [1.82, 2.24) is 15.0 Å². The molecule has 0 radical (unpaired) electrons. The third-order valence-electron chi connectivity index (χ3n) is 2.47. The second-order valence-electron chi connectivity index (χ2n) is 3.53. The average Bonchev–Trinajstić information content (AvgIpc) is 3.01. The molecule has 4 nitrogen and oxygen atoms in total. The zero-order valence-electron chi connectivity index (χ0n) is 8.71. The Hall–Kier alpha value is -1.59. The van der Waals surface area contributed by atoms with Gasteiger partial charge in [-0.15, -0.1) is 11.3 Å². The van der Waals surface area contributed by atoms with Crippen molar-refractivity contribution >= 4 is 16.3 Å². The van der Waals surface area contributed by atoms with E-state index >= 15 is 0 Å². The second kappa shape index (κ2) is 4.11. The van der Waals surface area contributed by atoms with Crippen LogP contribution >= 0.6 is 11.3 Å². The van der Waals surface area contributed by atoms with Crippen LogP contribution in [0.15, 0.2) is 42.4 Å². The molecule has 0 spiro atoms. The van der Waals surface area contributed by atoms with Crippen LogP contribution in [0.25, 0.3) is 5.69 Å². The van der Waals surface area contributed by atoms with Gasteiger partial charge in [0.25, 0.3) is 0 Å². The summed E-state index contributed by atoms with van der Waals surface area (Å²) in [5.41, 5.74) is 4.50. The number of hydrogen-bond acceptors (Lipinski definition) is 4. The first-order valence-corrected chi connectivity index (χ1v) is 6.08. The summed E-state index contributed by atoms with van der Waals surface area (Å²) >= 11 is 1.72. The maximum absolute atomic E-state index is 4.08. The lowest BCUT2D eigenvalue weighted by atomic mass is 10.4. The van der Waals surface area contributed by atoms with E-state index in [1.165, 1.54) is 5.00 Å². The number of nitrogens with one attached hydrogen (secondary N) is 1. The molecule has 3 rings (SSSR count). The van der Waals surface area contributed by atoms with Crippen LogP contribution in [0.4, 0.5) is 5.00 Å². The smallest absolute Gasteiger partial charge is 0.134 e. The van der Waals surface area contributed by atoms with Crippen LogP contribution in [-0.2, 0) is 0 Å². The van der Waals surface area contributed by atoms with E-state index in [4.69, 9.17) is 0 Å². The molecule has 16 heavy (non-hydrogen) atoms. The van der Waals surface area contributed by atoms with Crippen molar-refractivity contribution in [3.8, 4) is 5.69 Å². The van der Waals surface area contributed by atoms with Crippen molar-refractivity contribution in [3.63, 3.8) is 0 Å². The summed E-state index contributed by atoms with van der Waals surface area (Å²) in [4.78, 5) is 4.08. The minimum Gasteiger partial charge on any atom is -0.303 e. The van der Waals surface area contributed by atoms with Crippen molar-refractivity contribution in [1.29, 1.82) is 0 Å². The zero-order chi connectivity index (χ0) is 10.8. The van der Waals surface area contributed by atoms with Crippen LogP contribution in [0.5, 0.6) is 0 Å². The largest absolute Gasteiger partial charge is 0.303 e. The lowest BCUT2D eigenvalue weighted by Gasteiger charge is -2.24. The summed E-state index contributed by atoms with van der Waals surface area (Å²) in [7, 11) is 0. The van der Waals surface area contributed by atoms with E-state index in [1.807, 2.05) is 17.1 Å². The number of rotatable bonds is 2. The van der Waals surface area contributed by atoms with Crippen molar-refractivity contribution in [2.45, 2.75) is 6.42 Å². The molecule has 0 aromatic carbocycles. The van der Waals surface area contributed by atoms with E-state index < -0.39 is 0 Å². The first-order valence-electron chi connectivity index (χ1n) is 5.20. The van der Waals surface area contributed by atoms with Crippen LogP contribution in [0.2, 0.25) is 0 Å². The maximum Gasteiger partial charge on any atom is 0.134 e. The van der Waals surface area contributed by atoms with E-state index in [2.05, 4.69) is 39.1 Å².